The molecule has 0 saturated carbocycles. The van der Waals surface area contributed by atoms with Gasteiger partial charge in [-0.2, -0.15) is 0 Å². The Morgan fingerprint density at radius 1 is 1.15 bits per heavy atom. The maximum atomic E-state index is 5.80. The highest BCUT2D eigenvalue weighted by Crippen LogP contribution is 2.30. The monoisotopic (exact) mass is 273 g/mol. The molecule has 1 atom stereocenters. The van der Waals surface area contributed by atoms with Crippen LogP contribution in [0.2, 0.25) is 0 Å². The van der Waals surface area contributed by atoms with Gasteiger partial charge in [0.15, 0.2) is 17.3 Å². The van der Waals surface area contributed by atoms with Gasteiger partial charge in [0.2, 0.25) is 0 Å². The van der Waals surface area contributed by atoms with E-state index in [9.17, 15) is 0 Å². The fourth-order valence-corrected chi connectivity index (χ4v) is 1.95. The average Bonchev–Trinajstić information content (AvgIpc) is 2.46. The molecule has 20 heavy (non-hydrogen) atoms. The first-order valence-corrected chi connectivity index (χ1v) is 6.44. The number of aromatic nitrogens is 2. The van der Waals surface area contributed by atoms with Crippen LogP contribution in [-0.4, -0.2) is 30.2 Å². The first kappa shape index (κ1) is 14.3. The van der Waals surface area contributed by atoms with Crippen LogP contribution in [0.4, 0.5) is 0 Å². The molecular weight excluding hydrogens is 254 g/mol. The van der Waals surface area contributed by atoms with E-state index >= 15 is 0 Å². The van der Waals surface area contributed by atoms with Crippen LogP contribution < -0.4 is 15.2 Å². The molecule has 2 aromatic rings. The Hall–Kier alpha value is -2.14. The van der Waals surface area contributed by atoms with Crippen molar-refractivity contribution in [3.63, 3.8) is 0 Å². The largest absolute Gasteiger partial charge is 0.493 e. The van der Waals surface area contributed by atoms with Crippen molar-refractivity contribution in [2.24, 2.45) is 5.73 Å². The van der Waals surface area contributed by atoms with Gasteiger partial charge in [-0.15, -0.1) is 0 Å². The van der Waals surface area contributed by atoms with Gasteiger partial charge in [0.1, 0.15) is 0 Å². The van der Waals surface area contributed by atoms with Crippen molar-refractivity contribution in [1.82, 2.24) is 9.97 Å². The SMILES string of the molecule is COc1ccc(-c2nccc(CC(C)N)n2)cc1OC. The lowest BCUT2D eigenvalue weighted by molar-refractivity contribution is 0.355. The minimum absolute atomic E-state index is 0.0724. The molecule has 5 heteroatoms. The van der Waals surface area contributed by atoms with E-state index in [0.29, 0.717) is 17.3 Å². The van der Waals surface area contributed by atoms with E-state index in [1.54, 1.807) is 20.4 Å². The Morgan fingerprint density at radius 3 is 2.55 bits per heavy atom. The second kappa shape index (κ2) is 6.34. The van der Waals surface area contributed by atoms with Gasteiger partial charge in [0.25, 0.3) is 0 Å². The highest BCUT2D eigenvalue weighted by Gasteiger charge is 2.09. The van der Waals surface area contributed by atoms with Crippen molar-refractivity contribution >= 4 is 0 Å². The van der Waals surface area contributed by atoms with Crippen LogP contribution in [-0.2, 0) is 6.42 Å². The summed E-state index contributed by atoms with van der Waals surface area (Å²) in [6.07, 6.45) is 2.47. The number of hydrogen-bond acceptors (Lipinski definition) is 5. The molecule has 2 N–H and O–H groups in total. The summed E-state index contributed by atoms with van der Waals surface area (Å²) in [5, 5.41) is 0. The molecule has 1 unspecified atom stereocenters. The van der Waals surface area contributed by atoms with Crippen LogP contribution in [0.25, 0.3) is 11.4 Å². The molecule has 0 aliphatic carbocycles. The minimum Gasteiger partial charge on any atom is -0.493 e. The Morgan fingerprint density at radius 2 is 1.90 bits per heavy atom. The van der Waals surface area contributed by atoms with Gasteiger partial charge in [-0.3, -0.25) is 0 Å². The second-order valence-corrected chi connectivity index (χ2v) is 4.62. The topological polar surface area (TPSA) is 70.3 Å². The number of methoxy groups -OCH3 is 2. The third-order valence-electron chi connectivity index (χ3n) is 2.89. The lowest BCUT2D eigenvalue weighted by atomic mass is 10.1. The molecule has 106 valence electrons. The smallest absolute Gasteiger partial charge is 0.161 e. The minimum atomic E-state index is 0.0724. The standard InChI is InChI=1S/C15H19N3O2/c1-10(16)8-12-6-7-17-15(18-12)11-4-5-13(19-2)14(9-11)20-3/h4-7,9-10H,8,16H2,1-3H3. The number of benzene rings is 1. The van der Waals surface area contributed by atoms with E-state index in [2.05, 4.69) is 9.97 Å². The Labute approximate surface area is 118 Å². The van der Waals surface area contributed by atoms with Crippen molar-refractivity contribution in [2.75, 3.05) is 14.2 Å². The quantitative estimate of drug-likeness (QED) is 0.902. The van der Waals surface area contributed by atoms with Crippen molar-refractivity contribution in [1.29, 1.82) is 0 Å². The molecule has 0 aliphatic heterocycles. The molecule has 0 aliphatic rings. The summed E-state index contributed by atoms with van der Waals surface area (Å²) in [6, 6.07) is 7.57. The summed E-state index contributed by atoms with van der Waals surface area (Å²) in [7, 11) is 3.21. The lowest BCUT2D eigenvalue weighted by Gasteiger charge is -2.10. The summed E-state index contributed by atoms with van der Waals surface area (Å²) in [5.41, 5.74) is 7.61. The van der Waals surface area contributed by atoms with Crippen LogP contribution in [0.15, 0.2) is 30.5 Å². The molecule has 0 fully saturated rings. The molecule has 5 nitrogen and oxygen atoms in total. The van der Waals surface area contributed by atoms with Crippen molar-refractivity contribution in [2.45, 2.75) is 19.4 Å². The molecule has 1 heterocycles. The highest BCUT2D eigenvalue weighted by atomic mass is 16.5. The van der Waals surface area contributed by atoms with Gasteiger partial charge >= 0.3 is 0 Å². The maximum absolute atomic E-state index is 5.80. The highest BCUT2D eigenvalue weighted by molar-refractivity contribution is 5.61. The molecule has 0 radical (unpaired) electrons. The number of nitrogens with zero attached hydrogens (tertiary/aromatic N) is 2. The van der Waals surface area contributed by atoms with Gasteiger partial charge in [0.05, 0.1) is 14.2 Å². The molecule has 0 saturated heterocycles. The summed E-state index contributed by atoms with van der Waals surface area (Å²) in [5.74, 6) is 2.00. The average molecular weight is 273 g/mol. The van der Waals surface area contributed by atoms with Crippen LogP contribution in [0.5, 0.6) is 11.5 Å². The van der Waals surface area contributed by atoms with Crippen LogP contribution in [0.3, 0.4) is 0 Å². The van der Waals surface area contributed by atoms with Gasteiger partial charge in [-0.1, -0.05) is 0 Å². The summed E-state index contributed by atoms with van der Waals surface area (Å²) >= 11 is 0. The molecule has 0 bridgehead atoms. The Kier molecular flexibility index (Phi) is 4.53. The Balaban J connectivity index is 2.36. The van der Waals surface area contributed by atoms with Crippen molar-refractivity contribution in [3.8, 4) is 22.9 Å². The van der Waals surface area contributed by atoms with Gasteiger partial charge in [-0.05, 0) is 31.2 Å². The van der Waals surface area contributed by atoms with Gasteiger partial charge in [-0.25, -0.2) is 9.97 Å². The summed E-state index contributed by atoms with van der Waals surface area (Å²) < 4.78 is 10.5. The number of hydrogen-bond donors (Lipinski definition) is 1. The summed E-state index contributed by atoms with van der Waals surface area (Å²) in [6.45, 7) is 1.96. The van der Waals surface area contributed by atoms with Crippen molar-refractivity contribution in [3.05, 3.63) is 36.2 Å². The van der Waals surface area contributed by atoms with E-state index in [0.717, 1.165) is 17.7 Å². The van der Waals surface area contributed by atoms with Gasteiger partial charge in [0, 0.05) is 29.9 Å². The number of rotatable bonds is 5. The zero-order valence-corrected chi connectivity index (χ0v) is 12.0. The predicted molar refractivity (Wildman–Crippen MR) is 77.9 cm³/mol. The van der Waals surface area contributed by atoms with E-state index in [1.165, 1.54) is 0 Å². The number of ether oxygens (including phenoxy) is 2. The zero-order chi connectivity index (χ0) is 14.5. The molecule has 0 amide bonds. The zero-order valence-electron chi connectivity index (χ0n) is 12.0. The fraction of sp³-hybridized carbons (Fsp3) is 0.333. The van der Waals surface area contributed by atoms with Gasteiger partial charge < -0.3 is 15.2 Å². The fourth-order valence-electron chi connectivity index (χ4n) is 1.95. The Bertz CT molecular complexity index is 585. The van der Waals surface area contributed by atoms with E-state index in [-0.39, 0.29) is 6.04 Å². The third-order valence-corrected chi connectivity index (χ3v) is 2.89. The van der Waals surface area contributed by atoms with Crippen molar-refractivity contribution < 1.29 is 9.47 Å². The molecule has 1 aromatic carbocycles. The summed E-state index contributed by atoms with van der Waals surface area (Å²) in [4.78, 5) is 8.83. The molecule has 2 rings (SSSR count). The van der Waals surface area contributed by atoms with Crippen LogP contribution >= 0.6 is 0 Å². The molecule has 0 spiro atoms. The lowest BCUT2D eigenvalue weighted by Crippen LogP contribution is -2.18. The first-order valence-electron chi connectivity index (χ1n) is 6.44. The third kappa shape index (κ3) is 3.24. The van der Waals surface area contributed by atoms with E-state index < -0.39 is 0 Å². The number of nitrogens with two attached hydrogens (primary N) is 1. The normalized spacial score (nSPS) is 12.0. The molecular formula is C15H19N3O2. The second-order valence-electron chi connectivity index (χ2n) is 4.62. The first-order chi connectivity index (χ1) is 9.63. The van der Waals surface area contributed by atoms with E-state index in [1.807, 2.05) is 31.2 Å². The van der Waals surface area contributed by atoms with E-state index in [4.69, 9.17) is 15.2 Å². The van der Waals surface area contributed by atoms with Crippen LogP contribution in [0.1, 0.15) is 12.6 Å². The maximum Gasteiger partial charge on any atom is 0.161 e. The predicted octanol–water partition coefficient (Wildman–Crippen LogP) is 2.05. The van der Waals surface area contributed by atoms with Crippen LogP contribution in [0, 0.1) is 0 Å². The molecule has 1 aromatic heterocycles.